The smallest absolute Gasteiger partial charge is 0.344 e. The molecular weight excluding hydrogens is 604 g/mol. The molecule has 1 aromatic heterocycles. The van der Waals surface area contributed by atoms with E-state index >= 15 is 0 Å². The van der Waals surface area contributed by atoms with Gasteiger partial charge in [-0.1, -0.05) is 81.4 Å². The Bertz CT molecular complexity index is 1890. The van der Waals surface area contributed by atoms with Crippen molar-refractivity contribution in [3.63, 3.8) is 0 Å². The Balaban J connectivity index is 1.50. The number of halogens is 2. The van der Waals surface area contributed by atoms with Crippen LogP contribution in [-0.2, 0) is 14.8 Å². The zero-order valence-corrected chi connectivity index (χ0v) is 27.4. The van der Waals surface area contributed by atoms with E-state index in [0.29, 0.717) is 23.1 Å². The van der Waals surface area contributed by atoms with Crippen molar-refractivity contribution in [2.24, 2.45) is 0 Å². The molecule has 1 amide bonds. The van der Waals surface area contributed by atoms with Crippen molar-refractivity contribution < 1.29 is 31.9 Å². The van der Waals surface area contributed by atoms with Crippen LogP contribution >= 0.6 is 0 Å². The second kappa shape index (κ2) is 11.6. The summed E-state index contributed by atoms with van der Waals surface area (Å²) in [5.41, 5.74) is 0.850. The number of carbonyl (C=O) groups is 2. The van der Waals surface area contributed by atoms with Crippen LogP contribution < -0.4 is 5.32 Å². The molecule has 0 aliphatic carbocycles. The maximum absolute atomic E-state index is 14.5. The summed E-state index contributed by atoms with van der Waals surface area (Å²) in [6, 6.07) is 24.6. The van der Waals surface area contributed by atoms with Crippen LogP contribution in [0.5, 0.6) is 0 Å². The zero-order chi connectivity index (χ0) is 32.9. The van der Waals surface area contributed by atoms with Crippen LogP contribution in [-0.4, -0.2) is 33.3 Å². The van der Waals surface area contributed by atoms with Crippen molar-refractivity contribution in [2.75, 3.05) is 13.2 Å². The molecule has 6 nitrogen and oxygen atoms in total. The summed E-state index contributed by atoms with van der Waals surface area (Å²) >= 11 is 0. The first-order chi connectivity index (χ1) is 21.8. The monoisotopic (exact) mass is 639 g/mol. The fourth-order valence-corrected chi connectivity index (χ4v) is 6.67. The first-order valence-electron chi connectivity index (χ1n) is 15.2. The van der Waals surface area contributed by atoms with E-state index in [1.807, 2.05) is 60.7 Å². The van der Waals surface area contributed by atoms with E-state index in [1.54, 1.807) is 6.07 Å². The number of ether oxygens (including phenoxy) is 1. The van der Waals surface area contributed by atoms with Crippen molar-refractivity contribution in [1.29, 1.82) is 0 Å². The van der Waals surface area contributed by atoms with E-state index in [2.05, 4.69) is 39.2 Å². The van der Waals surface area contributed by atoms with Gasteiger partial charge in [0.1, 0.15) is 22.8 Å². The Morgan fingerprint density at radius 3 is 2.04 bits per heavy atom. The predicted octanol–water partition coefficient (Wildman–Crippen LogP) is 8.59. The average molecular weight is 640 g/mol. The fraction of sp³-hybridized carbons (Fsp3) is 0.243. The molecule has 0 spiro atoms. The van der Waals surface area contributed by atoms with Crippen LogP contribution in [0.25, 0.3) is 22.1 Å². The molecule has 1 aliphatic rings. The minimum atomic E-state index is -2.02. The number of benzene rings is 4. The highest BCUT2D eigenvalue weighted by Gasteiger charge is 2.53. The quantitative estimate of drug-likeness (QED) is 0.105. The molecule has 0 radical (unpaired) electrons. The molecule has 4 aromatic carbocycles. The Kier molecular flexibility index (Phi) is 7.94. The molecule has 0 atom stereocenters. The Morgan fingerprint density at radius 2 is 1.48 bits per heavy atom. The summed E-state index contributed by atoms with van der Waals surface area (Å²) in [7, 11) is -2.02. The summed E-state index contributed by atoms with van der Waals surface area (Å²) in [6.07, 6.45) is 0. The van der Waals surface area contributed by atoms with Gasteiger partial charge in [0, 0.05) is 40.3 Å². The number of rotatable bonds is 8. The van der Waals surface area contributed by atoms with Gasteiger partial charge < -0.3 is 18.9 Å². The van der Waals surface area contributed by atoms with Gasteiger partial charge in [0.05, 0.1) is 6.61 Å². The maximum Gasteiger partial charge on any atom is 0.344 e. The standard InChI is InChI=1S/C37H35F2NO5Si/c1-36(2,3)46(4,5)43-17-16-40-34(41)24-20-29(23-18-27(38)22-28(39)19-23)32-30(21-24)31-33(44-32)37(45-35(31)42,25-12-8-6-9-13-25)26-14-10-7-11-15-26/h6-15,18-22H,16-17H2,1-5H3,(H,40,41). The number of cyclic esters (lactones) is 1. The lowest BCUT2D eigenvalue weighted by molar-refractivity contribution is 0.0205. The van der Waals surface area contributed by atoms with Gasteiger partial charge in [0.2, 0.25) is 5.60 Å². The van der Waals surface area contributed by atoms with E-state index in [1.165, 1.54) is 18.2 Å². The SMILES string of the molecule is CC(C)(C)[Si](C)(C)OCCNC(=O)c1cc(-c2cc(F)cc(F)c2)c2oc3c(c2c1)C(=O)OC3(c1ccccc1)c1ccccc1. The van der Waals surface area contributed by atoms with E-state index in [9.17, 15) is 18.4 Å². The van der Waals surface area contributed by atoms with Gasteiger partial charge >= 0.3 is 5.97 Å². The number of carbonyl (C=O) groups excluding carboxylic acids is 2. The summed E-state index contributed by atoms with van der Waals surface area (Å²) in [6.45, 7) is 11.3. The van der Waals surface area contributed by atoms with Gasteiger partial charge in [-0.15, -0.1) is 0 Å². The van der Waals surface area contributed by atoms with E-state index in [0.717, 1.165) is 6.07 Å². The Morgan fingerprint density at radius 1 is 0.891 bits per heavy atom. The molecule has 0 fully saturated rings. The summed E-state index contributed by atoms with van der Waals surface area (Å²) in [5, 5.41) is 3.21. The predicted molar refractivity (Wildman–Crippen MR) is 175 cm³/mol. The number of fused-ring (bicyclic) bond motifs is 3. The summed E-state index contributed by atoms with van der Waals surface area (Å²) < 4.78 is 48.0. The summed E-state index contributed by atoms with van der Waals surface area (Å²) in [4.78, 5) is 27.4. The Hall–Kier alpha value is -4.60. The van der Waals surface area contributed by atoms with Crippen LogP contribution in [0.4, 0.5) is 8.78 Å². The third-order valence-corrected chi connectivity index (χ3v) is 13.6. The highest BCUT2D eigenvalue weighted by Crippen LogP contribution is 2.51. The molecule has 1 N–H and O–H groups in total. The van der Waals surface area contributed by atoms with Gasteiger partial charge in [0.15, 0.2) is 14.1 Å². The van der Waals surface area contributed by atoms with Crippen LogP contribution in [0.2, 0.25) is 18.1 Å². The normalized spacial score (nSPS) is 14.3. The largest absolute Gasteiger partial charge is 0.454 e. The fourth-order valence-electron chi connectivity index (χ4n) is 5.62. The molecule has 0 saturated carbocycles. The van der Waals surface area contributed by atoms with Crippen LogP contribution in [0.1, 0.15) is 58.4 Å². The van der Waals surface area contributed by atoms with Crippen molar-refractivity contribution in [1.82, 2.24) is 5.32 Å². The lowest BCUT2D eigenvalue weighted by Gasteiger charge is -2.36. The van der Waals surface area contributed by atoms with Crippen molar-refractivity contribution >= 4 is 31.2 Å². The van der Waals surface area contributed by atoms with Crippen molar-refractivity contribution in [3.05, 3.63) is 131 Å². The number of amides is 1. The van der Waals surface area contributed by atoms with Crippen molar-refractivity contribution in [3.8, 4) is 11.1 Å². The number of esters is 1. The molecule has 2 heterocycles. The minimum Gasteiger partial charge on any atom is -0.454 e. The van der Waals surface area contributed by atoms with Gasteiger partial charge in [-0.2, -0.15) is 0 Å². The van der Waals surface area contributed by atoms with Gasteiger partial charge in [0.25, 0.3) is 5.91 Å². The molecule has 6 rings (SSSR count). The first kappa shape index (κ1) is 31.4. The molecule has 46 heavy (non-hydrogen) atoms. The highest BCUT2D eigenvalue weighted by molar-refractivity contribution is 6.74. The minimum absolute atomic E-state index is 0.0160. The van der Waals surface area contributed by atoms with E-state index < -0.39 is 37.4 Å². The van der Waals surface area contributed by atoms with Gasteiger partial charge in [-0.25, -0.2) is 13.6 Å². The molecule has 0 bridgehead atoms. The third-order valence-electron chi connectivity index (χ3n) is 9.01. The van der Waals surface area contributed by atoms with Crippen LogP contribution in [0, 0.1) is 11.6 Å². The molecule has 9 heteroatoms. The molecule has 236 valence electrons. The molecule has 0 saturated heterocycles. The van der Waals surface area contributed by atoms with E-state index in [-0.39, 0.29) is 45.2 Å². The molecule has 1 aliphatic heterocycles. The first-order valence-corrected chi connectivity index (χ1v) is 18.1. The lowest BCUT2D eigenvalue weighted by Crippen LogP contribution is -2.42. The van der Waals surface area contributed by atoms with Crippen LogP contribution in [0.15, 0.2) is 95.4 Å². The number of nitrogens with one attached hydrogen (secondary N) is 1. The second-order valence-electron chi connectivity index (χ2n) is 13.0. The number of furan rings is 1. The topological polar surface area (TPSA) is 77.8 Å². The molecule has 5 aromatic rings. The molecular formula is C37H35F2NO5Si. The second-order valence-corrected chi connectivity index (χ2v) is 17.8. The number of hydrogen-bond acceptors (Lipinski definition) is 5. The van der Waals surface area contributed by atoms with Crippen molar-refractivity contribution in [2.45, 2.75) is 44.5 Å². The Labute approximate surface area is 267 Å². The summed E-state index contributed by atoms with van der Waals surface area (Å²) in [5.74, 6) is -2.43. The highest BCUT2D eigenvalue weighted by atomic mass is 28.4. The van der Waals surface area contributed by atoms with Crippen LogP contribution in [0.3, 0.4) is 0 Å². The third kappa shape index (κ3) is 5.43. The lowest BCUT2D eigenvalue weighted by atomic mass is 9.84. The maximum atomic E-state index is 14.5. The number of hydrogen-bond donors (Lipinski definition) is 1. The van der Waals surface area contributed by atoms with Gasteiger partial charge in [-0.05, 0) is 48.0 Å². The van der Waals surface area contributed by atoms with E-state index in [4.69, 9.17) is 13.6 Å². The van der Waals surface area contributed by atoms with Gasteiger partial charge in [-0.3, -0.25) is 4.79 Å². The molecule has 0 unspecified atom stereocenters. The average Bonchev–Trinajstić information content (AvgIpc) is 3.54. The zero-order valence-electron chi connectivity index (χ0n) is 26.4.